The number of likely N-dealkylation sites (tertiary alicyclic amines) is 1. The van der Waals surface area contributed by atoms with Crippen LogP contribution in [0.2, 0.25) is 0 Å². The van der Waals surface area contributed by atoms with Crippen LogP contribution < -0.4 is 5.73 Å². The summed E-state index contributed by atoms with van der Waals surface area (Å²) in [5.41, 5.74) is 5.32. The molecule has 0 aliphatic carbocycles. The summed E-state index contributed by atoms with van der Waals surface area (Å²) in [6.45, 7) is 4.87. The standard InChI is InChI=1S/C11H22N2O2/c1-3-5-8-6-10(14)13(7-8)9(4-2)11(12)15/h8-10,14H,3-7H2,1-2H3,(H2,12,15)/t8-,9-,10?/m0/s1. The molecule has 1 saturated heterocycles. The number of carbonyl (C=O) groups excluding carboxylic acids is 1. The molecular weight excluding hydrogens is 192 g/mol. The molecule has 0 saturated carbocycles. The fourth-order valence-electron chi connectivity index (χ4n) is 2.48. The van der Waals surface area contributed by atoms with Crippen LogP contribution in [0.5, 0.6) is 0 Å². The van der Waals surface area contributed by atoms with Gasteiger partial charge in [-0.3, -0.25) is 9.69 Å². The molecule has 1 aliphatic rings. The third-order valence-electron chi connectivity index (χ3n) is 3.21. The summed E-state index contributed by atoms with van der Waals surface area (Å²) in [5.74, 6) is 0.187. The summed E-state index contributed by atoms with van der Waals surface area (Å²) >= 11 is 0. The minimum absolute atomic E-state index is 0.304. The fourth-order valence-corrected chi connectivity index (χ4v) is 2.48. The molecule has 0 aromatic rings. The SMILES string of the molecule is CCC[C@H]1CC(O)N([C@@H](CC)C(N)=O)C1. The zero-order valence-electron chi connectivity index (χ0n) is 9.65. The summed E-state index contributed by atoms with van der Waals surface area (Å²) < 4.78 is 0. The molecular formula is C11H22N2O2. The monoisotopic (exact) mass is 214 g/mol. The average Bonchev–Trinajstić information content (AvgIpc) is 2.49. The van der Waals surface area contributed by atoms with E-state index in [0.717, 1.165) is 25.8 Å². The van der Waals surface area contributed by atoms with Gasteiger partial charge in [0.05, 0.1) is 6.04 Å². The van der Waals surface area contributed by atoms with Gasteiger partial charge in [0.2, 0.25) is 5.91 Å². The molecule has 15 heavy (non-hydrogen) atoms. The van der Waals surface area contributed by atoms with Crippen LogP contribution in [-0.4, -0.2) is 34.7 Å². The summed E-state index contributed by atoms with van der Waals surface area (Å²) in [7, 11) is 0. The Morgan fingerprint density at radius 1 is 1.60 bits per heavy atom. The van der Waals surface area contributed by atoms with E-state index in [1.54, 1.807) is 0 Å². The minimum atomic E-state index is -0.487. The van der Waals surface area contributed by atoms with E-state index in [0.29, 0.717) is 12.3 Å². The Labute approximate surface area is 91.4 Å². The number of carbonyl (C=O) groups is 1. The van der Waals surface area contributed by atoms with Gasteiger partial charge in [-0.05, 0) is 25.2 Å². The van der Waals surface area contributed by atoms with E-state index >= 15 is 0 Å². The Morgan fingerprint density at radius 2 is 2.27 bits per heavy atom. The van der Waals surface area contributed by atoms with Crippen molar-refractivity contribution in [2.45, 2.75) is 51.8 Å². The van der Waals surface area contributed by atoms with Gasteiger partial charge < -0.3 is 10.8 Å². The molecule has 1 unspecified atom stereocenters. The highest BCUT2D eigenvalue weighted by Crippen LogP contribution is 2.27. The second-order valence-corrected chi connectivity index (χ2v) is 4.39. The van der Waals surface area contributed by atoms with E-state index in [1.165, 1.54) is 0 Å². The normalized spacial score (nSPS) is 29.3. The van der Waals surface area contributed by atoms with E-state index in [9.17, 15) is 9.90 Å². The van der Waals surface area contributed by atoms with E-state index < -0.39 is 6.23 Å². The van der Waals surface area contributed by atoms with Gasteiger partial charge in [0, 0.05) is 6.54 Å². The molecule has 0 radical (unpaired) electrons. The third kappa shape index (κ3) is 2.92. The summed E-state index contributed by atoms with van der Waals surface area (Å²) in [6, 6.07) is -0.304. The van der Waals surface area contributed by atoms with Gasteiger partial charge in [0.15, 0.2) is 0 Å². The predicted octanol–water partition coefficient (Wildman–Crippen LogP) is 0.691. The second-order valence-electron chi connectivity index (χ2n) is 4.39. The number of nitrogens with zero attached hydrogens (tertiary/aromatic N) is 1. The first-order chi connectivity index (χ1) is 7.10. The number of rotatable bonds is 5. The quantitative estimate of drug-likeness (QED) is 0.707. The van der Waals surface area contributed by atoms with E-state index in [2.05, 4.69) is 6.92 Å². The number of hydrogen-bond donors (Lipinski definition) is 2. The molecule has 0 spiro atoms. The molecule has 1 aliphatic heterocycles. The molecule has 1 fully saturated rings. The Kier molecular flexibility index (Phi) is 4.54. The Balaban J connectivity index is 2.58. The number of amides is 1. The van der Waals surface area contributed by atoms with Crippen LogP contribution in [-0.2, 0) is 4.79 Å². The van der Waals surface area contributed by atoms with Gasteiger partial charge in [-0.15, -0.1) is 0 Å². The number of aliphatic hydroxyl groups is 1. The lowest BCUT2D eigenvalue weighted by Gasteiger charge is -2.27. The van der Waals surface area contributed by atoms with Crippen LogP contribution in [0.4, 0.5) is 0 Å². The first kappa shape index (κ1) is 12.5. The van der Waals surface area contributed by atoms with Crippen molar-refractivity contribution in [2.24, 2.45) is 11.7 Å². The number of aliphatic hydroxyl groups excluding tert-OH is 1. The van der Waals surface area contributed by atoms with Crippen LogP contribution in [0.25, 0.3) is 0 Å². The first-order valence-electron chi connectivity index (χ1n) is 5.83. The Hall–Kier alpha value is -0.610. The lowest BCUT2D eigenvalue weighted by Crippen LogP contribution is -2.46. The minimum Gasteiger partial charge on any atom is -0.378 e. The van der Waals surface area contributed by atoms with Crippen molar-refractivity contribution in [3.05, 3.63) is 0 Å². The maximum absolute atomic E-state index is 11.2. The zero-order chi connectivity index (χ0) is 11.4. The predicted molar refractivity (Wildman–Crippen MR) is 59.0 cm³/mol. The van der Waals surface area contributed by atoms with Crippen LogP contribution in [0.1, 0.15) is 39.5 Å². The van der Waals surface area contributed by atoms with Crippen molar-refractivity contribution < 1.29 is 9.90 Å². The highest BCUT2D eigenvalue weighted by molar-refractivity contribution is 5.79. The molecule has 3 N–H and O–H groups in total. The molecule has 0 bridgehead atoms. The zero-order valence-corrected chi connectivity index (χ0v) is 9.65. The van der Waals surface area contributed by atoms with Crippen molar-refractivity contribution in [3.63, 3.8) is 0 Å². The van der Waals surface area contributed by atoms with E-state index in [4.69, 9.17) is 5.73 Å². The van der Waals surface area contributed by atoms with Gasteiger partial charge in [-0.2, -0.15) is 0 Å². The maximum Gasteiger partial charge on any atom is 0.234 e. The highest BCUT2D eigenvalue weighted by atomic mass is 16.3. The molecule has 4 heteroatoms. The summed E-state index contributed by atoms with van der Waals surface area (Å²) in [4.78, 5) is 13.0. The molecule has 88 valence electrons. The van der Waals surface area contributed by atoms with E-state index in [-0.39, 0.29) is 11.9 Å². The molecule has 3 atom stereocenters. The van der Waals surface area contributed by atoms with Gasteiger partial charge in [0.25, 0.3) is 0 Å². The van der Waals surface area contributed by atoms with Crippen LogP contribution >= 0.6 is 0 Å². The van der Waals surface area contributed by atoms with Crippen molar-refractivity contribution in [1.82, 2.24) is 4.90 Å². The van der Waals surface area contributed by atoms with Gasteiger partial charge in [0.1, 0.15) is 6.23 Å². The number of nitrogens with two attached hydrogens (primary N) is 1. The Morgan fingerprint density at radius 3 is 2.73 bits per heavy atom. The number of hydrogen-bond acceptors (Lipinski definition) is 3. The fraction of sp³-hybridized carbons (Fsp3) is 0.909. The van der Waals surface area contributed by atoms with Crippen LogP contribution in [0.15, 0.2) is 0 Å². The van der Waals surface area contributed by atoms with Crippen molar-refractivity contribution >= 4 is 5.91 Å². The topological polar surface area (TPSA) is 66.6 Å². The van der Waals surface area contributed by atoms with E-state index in [1.807, 2.05) is 11.8 Å². The van der Waals surface area contributed by atoms with Crippen molar-refractivity contribution in [2.75, 3.05) is 6.54 Å². The molecule has 1 heterocycles. The molecule has 1 rings (SSSR count). The maximum atomic E-state index is 11.2. The molecule has 4 nitrogen and oxygen atoms in total. The van der Waals surface area contributed by atoms with Crippen molar-refractivity contribution in [1.29, 1.82) is 0 Å². The highest BCUT2D eigenvalue weighted by Gasteiger charge is 2.36. The van der Waals surface area contributed by atoms with Crippen LogP contribution in [0, 0.1) is 5.92 Å². The first-order valence-corrected chi connectivity index (χ1v) is 5.83. The molecule has 0 aromatic heterocycles. The van der Waals surface area contributed by atoms with Crippen LogP contribution in [0.3, 0.4) is 0 Å². The van der Waals surface area contributed by atoms with Gasteiger partial charge >= 0.3 is 0 Å². The lowest BCUT2D eigenvalue weighted by molar-refractivity contribution is -0.126. The smallest absolute Gasteiger partial charge is 0.234 e. The summed E-state index contributed by atoms with van der Waals surface area (Å²) in [5, 5.41) is 9.85. The molecule has 0 aromatic carbocycles. The largest absolute Gasteiger partial charge is 0.378 e. The summed E-state index contributed by atoms with van der Waals surface area (Å²) in [6.07, 6.45) is 3.20. The second kappa shape index (κ2) is 5.47. The average molecular weight is 214 g/mol. The third-order valence-corrected chi connectivity index (χ3v) is 3.21. The van der Waals surface area contributed by atoms with Crippen molar-refractivity contribution in [3.8, 4) is 0 Å². The Bertz CT molecular complexity index is 221. The molecule has 1 amide bonds. The van der Waals surface area contributed by atoms with Gasteiger partial charge in [-0.1, -0.05) is 20.3 Å². The lowest BCUT2D eigenvalue weighted by atomic mass is 10.0. The number of primary amides is 1. The van der Waals surface area contributed by atoms with Gasteiger partial charge in [-0.25, -0.2) is 0 Å².